The molecule has 148 valence electrons. The quantitative estimate of drug-likeness (QED) is 0.807. The summed E-state index contributed by atoms with van der Waals surface area (Å²) in [4.78, 5) is 12.6. The first-order valence-corrected chi connectivity index (χ1v) is 10.0. The number of nitrogens with one attached hydrogen (secondary N) is 1. The van der Waals surface area contributed by atoms with Crippen molar-refractivity contribution < 1.29 is 18.8 Å². The summed E-state index contributed by atoms with van der Waals surface area (Å²) in [5, 5.41) is 3.18. The van der Waals surface area contributed by atoms with E-state index < -0.39 is 18.3 Å². The second kappa shape index (κ2) is 7.84. The highest BCUT2D eigenvalue weighted by molar-refractivity contribution is 6.62. The molecule has 1 aromatic rings. The number of rotatable bonds is 5. The second-order valence-electron chi connectivity index (χ2n) is 8.74. The fraction of sp³-hybridized carbons (Fsp3) is 0.667. The molecule has 2 aliphatic rings. The Kier molecular flexibility index (Phi) is 5.87. The Morgan fingerprint density at radius 3 is 2.37 bits per heavy atom. The van der Waals surface area contributed by atoms with E-state index in [9.17, 15) is 4.79 Å². The van der Waals surface area contributed by atoms with Gasteiger partial charge in [-0.15, -0.1) is 0 Å². The molecule has 1 amide bonds. The third-order valence-electron chi connectivity index (χ3n) is 6.15. The van der Waals surface area contributed by atoms with Crippen molar-refractivity contribution in [2.24, 2.45) is 0 Å². The molecule has 1 aliphatic carbocycles. The van der Waals surface area contributed by atoms with Gasteiger partial charge in [0.2, 0.25) is 5.91 Å². The SMILES string of the molecule is COc1ccc(B2OC(C)(C)C(C)(C)O2)cc1CC(=O)NC1CCCCC1. The van der Waals surface area contributed by atoms with E-state index in [1.807, 2.05) is 45.9 Å². The molecule has 0 bridgehead atoms. The Balaban J connectivity index is 1.73. The van der Waals surface area contributed by atoms with Gasteiger partial charge in [0.1, 0.15) is 5.75 Å². The summed E-state index contributed by atoms with van der Waals surface area (Å²) < 4.78 is 17.8. The number of benzene rings is 1. The average molecular weight is 373 g/mol. The summed E-state index contributed by atoms with van der Waals surface area (Å²) in [5.74, 6) is 0.764. The number of carbonyl (C=O) groups is 1. The zero-order valence-electron chi connectivity index (χ0n) is 17.3. The van der Waals surface area contributed by atoms with Crippen molar-refractivity contribution in [3.05, 3.63) is 23.8 Å². The van der Waals surface area contributed by atoms with Gasteiger partial charge in [0, 0.05) is 11.6 Å². The Morgan fingerprint density at radius 2 is 1.78 bits per heavy atom. The van der Waals surface area contributed by atoms with Crippen LogP contribution in [0.5, 0.6) is 5.75 Å². The molecule has 0 spiro atoms. The van der Waals surface area contributed by atoms with Crippen LogP contribution in [0.3, 0.4) is 0 Å². The van der Waals surface area contributed by atoms with Crippen LogP contribution in [0, 0.1) is 0 Å². The van der Waals surface area contributed by atoms with Gasteiger partial charge in [-0.05, 0) is 52.1 Å². The van der Waals surface area contributed by atoms with E-state index >= 15 is 0 Å². The summed E-state index contributed by atoms with van der Waals surface area (Å²) in [6, 6.07) is 6.12. The molecule has 5 nitrogen and oxygen atoms in total. The zero-order chi connectivity index (χ0) is 19.7. The first-order valence-electron chi connectivity index (χ1n) is 10.0. The molecule has 6 heteroatoms. The Hall–Kier alpha value is -1.53. The Morgan fingerprint density at radius 1 is 1.15 bits per heavy atom. The zero-order valence-corrected chi connectivity index (χ0v) is 17.3. The lowest BCUT2D eigenvalue weighted by molar-refractivity contribution is -0.121. The van der Waals surface area contributed by atoms with Crippen molar-refractivity contribution in [3.63, 3.8) is 0 Å². The first kappa shape index (κ1) is 20.2. The van der Waals surface area contributed by atoms with E-state index in [0.717, 1.165) is 23.9 Å². The van der Waals surface area contributed by atoms with Crippen LogP contribution in [0.15, 0.2) is 18.2 Å². The van der Waals surface area contributed by atoms with Crippen LogP contribution < -0.4 is 15.5 Å². The third kappa shape index (κ3) is 4.49. The van der Waals surface area contributed by atoms with Crippen molar-refractivity contribution in [2.75, 3.05) is 7.11 Å². The van der Waals surface area contributed by atoms with Gasteiger partial charge in [0.25, 0.3) is 0 Å². The number of ether oxygens (including phenoxy) is 1. The van der Waals surface area contributed by atoms with Crippen molar-refractivity contribution >= 4 is 18.5 Å². The molecular weight excluding hydrogens is 341 g/mol. The van der Waals surface area contributed by atoms with E-state index in [4.69, 9.17) is 14.0 Å². The molecule has 27 heavy (non-hydrogen) atoms. The largest absolute Gasteiger partial charge is 0.496 e. The fourth-order valence-corrected chi connectivity index (χ4v) is 3.76. The summed E-state index contributed by atoms with van der Waals surface area (Å²) in [7, 11) is 1.19. The smallest absolute Gasteiger partial charge is 0.494 e. The van der Waals surface area contributed by atoms with Crippen LogP contribution in [0.1, 0.15) is 65.4 Å². The molecule has 0 atom stereocenters. The predicted octanol–water partition coefficient (Wildman–Crippen LogP) is 2.99. The topological polar surface area (TPSA) is 56.8 Å². The molecule has 1 saturated heterocycles. The van der Waals surface area contributed by atoms with Gasteiger partial charge in [0.15, 0.2) is 0 Å². The maximum Gasteiger partial charge on any atom is 0.494 e. The minimum atomic E-state index is -0.443. The Labute approximate surface area is 163 Å². The average Bonchev–Trinajstić information content (AvgIpc) is 2.83. The van der Waals surface area contributed by atoms with E-state index in [2.05, 4.69) is 5.32 Å². The van der Waals surface area contributed by atoms with E-state index in [1.54, 1.807) is 7.11 Å². The normalized spacial score (nSPS) is 21.9. The molecule has 1 N–H and O–H groups in total. The molecule has 1 aliphatic heterocycles. The van der Waals surface area contributed by atoms with Crippen molar-refractivity contribution in [2.45, 2.75) is 83.5 Å². The molecular formula is C21H32BNO4. The number of hydrogen-bond acceptors (Lipinski definition) is 4. The lowest BCUT2D eigenvalue weighted by Gasteiger charge is -2.32. The van der Waals surface area contributed by atoms with E-state index in [0.29, 0.717) is 18.2 Å². The molecule has 1 heterocycles. The van der Waals surface area contributed by atoms with Crippen molar-refractivity contribution in [1.29, 1.82) is 0 Å². The molecule has 3 rings (SSSR count). The molecule has 0 unspecified atom stereocenters. The number of hydrogen-bond donors (Lipinski definition) is 1. The fourth-order valence-electron chi connectivity index (χ4n) is 3.76. The monoisotopic (exact) mass is 373 g/mol. The number of methoxy groups -OCH3 is 1. The van der Waals surface area contributed by atoms with E-state index in [-0.39, 0.29) is 5.91 Å². The maximum atomic E-state index is 12.6. The molecule has 1 aromatic carbocycles. The summed E-state index contributed by atoms with van der Waals surface area (Å²) in [6.07, 6.45) is 6.13. The van der Waals surface area contributed by atoms with Gasteiger partial charge in [-0.25, -0.2) is 0 Å². The molecule has 0 radical (unpaired) electrons. The molecule has 1 saturated carbocycles. The third-order valence-corrected chi connectivity index (χ3v) is 6.15. The molecule has 0 aromatic heterocycles. The van der Waals surface area contributed by atoms with Gasteiger partial charge in [0.05, 0.1) is 24.7 Å². The highest BCUT2D eigenvalue weighted by Crippen LogP contribution is 2.36. The van der Waals surface area contributed by atoms with Crippen molar-refractivity contribution in [3.8, 4) is 5.75 Å². The van der Waals surface area contributed by atoms with Crippen LogP contribution in [-0.4, -0.2) is 37.4 Å². The number of carbonyl (C=O) groups excluding carboxylic acids is 1. The van der Waals surface area contributed by atoms with Gasteiger partial charge >= 0.3 is 7.12 Å². The molecule has 2 fully saturated rings. The van der Waals surface area contributed by atoms with Crippen LogP contribution >= 0.6 is 0 Å². The standard InChI is InChI=1S/C21H32BNO4/c1-20(2)21(3,4)27-22(26-20)16-11-12-18(25-5)15(13-16)14-19(24)23-17-9-7-6-8-10-17/h11-13,17H,6-10,14H2,1-5H3,(H,23,24). The van der Waals surface area contributed by atoms with Crippen molar-refractivity contribution in [1.82, 2.24) is 5.32 Å². The summed E-state index contributed by atoms with van der Waals surface area (Å²) in [6.45, 7) is 8.15. The van der Waals surface area contributed by atoms with Crippen LogP contribution in [0.4, 0.5) is 0 Å². The van der Waals surface area contributed by atoms with Gasteiger partial charge in [-0.2, -0.15) is 0 Å². The van der Waals surface area contributed by atoms with Crippen LogP contribution in [-0.2, 0) is 20.5 Å². The van der Waals surface area contributed by atoms with Gasteiger partial charge in [-0.1, -0.05) is 31.4 Å². The van der Waals surface area contributed by atoms with E-state index in [1.165, 1.54) is 19.3 Å². The van der Waals surface area contributed by atoms with Gasteiger partial charge < -0.3 is 19.4 Å². The lowest BCUT2D eigenvalue weighted by atomic mass is 9.78. The lowest BCUT2D eigenvalue weighted by Crippen LogP contribution is -2.41. The number of amides is 1. The minimum Gasteiger partial charge on any atom is -0.496 e. The second-order valence-corrected chi connectivity index (χ2v) is 8.74. The summed E-state index contributed by atoms with van der Waals surface area (Å²) >= 11 is 0. The summed E-state index contributed by atoms with van der Waals surface area (Å²) in [5.41, 5.74) is 0.986. The highest BCUT2D eigenvalue weighted by atomic mass is 16.7. The highest BCUT2D eigenvalue weighted by Gasteiger charge is 2.51. The maximum absolute atomic E-state index is 12.6. The first-order chi connectivity index (χ1) is 12.7. The van der Waals surface area contributed by atoms with Crippen LogP contribution in [0.25, 0.3) is 0 Å². The van der Waals surface area contributed by atoms with Gasteiger partial charge in [-0.3, -0.25) is 4.79 Å². The minimum absolute atomic E-state index is 0.0475. The van der Waals surface area contributed by atoms with Crippen LogP contribution in [0.2, 0.25) is 0 Å². The predicted molar refractivity (Wildman–Crippen MR) is 107 cm³/mol. The Bertz CT molecular complexity index is 667.